The molecule has 0 bridgehead atoms. The van der Waals surface area contributed by atoms with Crippen LogP contribution in [0.3, 0.4) is 0 Å². The van der Waals surface area contributed by atoms with E-state index in [0.29, 0.717) is 5.56 Å². The molecule has 56 valence electrons. The summed E-state index contributed by atoms with van der Waals surface area (Å²) in [5.74, 6) is 4.58. The van der Waals surface area contributed by atoms with E-state index < -0.39 is 0 Å². The summed E-state index contributed by atoms with van der Waals surface area (Å²) in [6.45, 7) is 0. The molecular weight excluding hydrogens is 178 g/mol. The molecule has 0 aromatic carbocycles. The smallest absolute Gasteiger partial charge is 0.265 e. The Morgan fingerprint density at radius 1 is 1.45 bits per heavy atom. The van der Waals surface area contributed by atoms with Gasteiger partial charge in [0.1, 0.15) is 0 Å². The molecule has 0 aliphatic rings. The molecule has 3 N–H and O–H groups in total. The zero-order valence-electron chi connectivity index (χ0n) is 5.74. The third-order valence-corrected chi connectivity index (χ3v) is 1.07. The molecule has 0 aliphatic carbocycles. The van der Waals surface area contributed by atoms with Gasteiger partial charge in [0.15, 0.2) is 0 Å². The number of nitrogens with zero attached hydrogens (tertiary/aromatic N) is 1. The number of aromatic nitrogens is 1. The number of nitrogens with one attached hydrogen (secondary N) is 1. The van der Waals surface area contributed by atoms with Gasteiger partial charge >= 0.3 is 0 Å². The number of rotatable bonds is 1. The number of carbonyl (C=O) groups excluding carboxylic acids is 1. The Kier molecular flexibility index (Phi) is 4.69. The van der Waals surface area contributed by atoms with E-state index in [4.69, 9.17) is 5.84 Å². The molecule has 0 fully saturated rings. The quantitative estimate of drug-likeness (QED) is 0.272. The van der Waals surface area contributed by atoms with Crippen LogP contribution in [0, 0.1) is 0 Å². The number of nitrogen functional groups attached to an aromatic ring is 1. The monoisotopic (exact) mass is 185 g/mol. The van der Waals surface area contributed by atoms with E-state index >= 15 is 0 Å². The Morgan fingerprint density at radius 3 is 2.45 bits per heavy atom. The SMILES string of the molecule is NNC(=O)c1ccncc1.[Ti]. The molecule has 0 atom stereocenters. The van der Waals surface area contributed by atoms with Crippen LogP contribution in [-0.2, 0) is 21.7 Å². The topological polar surface area (TPSA) is 68.0 Å². The van der Waals surface area contributed by atoms with Crippen LogP contribution in [0.2, 0.25) is 0 Å². The Hall–Kier alpha value is -0.706. The number of nitrogens with two attached hydrogens (primary N) is 1. The van der Waals surface area contributed by atoms with Gasteiger partial charge in [0.25, 0.3) is 5.91 Å². The van der Waals surface area contributed by atoms with Crippen molar-refractivity contribution in [1.82, 2.24) is 10.4 Å². The molecule has 1 heterocycles. The summed E-state index contributed by atoms with van der Waals surface area (Å²) in [6.07, 6.45) is 3.06. The van der Waals surface area contributed by atoms with Crippen LogP contribution < -0.4 is 11.3 Å². The molecule has 0 aliphatic heterocycles. The largest absolute Gasteiger partial charge is 0.290 e. The predicted molar refractivity (Wildman–Crippen MR) is 35.9 cm³/mol. The van der Waals surface area contributed by atoms with Gasteiger partial charge in [0.05, 0.1) is 0 Å². The molecule has 1 aromatic rings. The fourth-order valence-corrected chi connectivity index (χ4v) is 0.587. The second kappa shape index (κ2) is 5.01. The maximum absolute atomic E-state index is 10.7. The first-order chi connectivity index (χ1) is 4.84. The third kappa shape index (κ3) is 2.80. The third-order valence-electron chi connectivity index (χ3n) is 1.07. The zero-order valence-corrected chi connectivity index (χ0v) is 7.30. The Balaban J connectivity index is 0.000001000. The van der Waals surface area contributed by atoms with E-state index in [2.05, 4.69) is 4.98 Å². The second-order valence-corrected chi connectivity index (χ2v) is 1.71. The average molecular weight is 185 g/mol. The van der Waals surface area contributed by atoms with Crippen molar-refractivity contribution in [3.8, 4) is 0 Å². The van der Waals surface area contributed by atoms with Crippen LogP contribution in [0.5, 0.6) is 0 Å². The number of hydrogen-bond donors (Lipinski definition) is 2. The van der Waals surface area contributed by atoms with Crippen molar-refractivity contribution < 1.29 is 26.5 Å². The number of carbonyl (C=O) groups is 1. The van der Waals surface area contributed by atoms with Gasteiger partial charge in [-0.2, -0.15) is 0 Å². The molecule has 1 rings (SSSR count). The molecule has 0 saturated carbocycles. The fraction of sp³-hybridized carbons (Fsp3) is 0. The van der Waals surface area contributed by atoms with Gasteiger partial charge in [0, 0.05) is 39.7 Å². The zero-order chi connectivity index (χ0) is 7.40. The number of amides is 1. The average Bonchev–Trinajstić information content (AvgIpc) is 2.05. The van der Waals surface area contributed by atoms with Crippen molar-refractivity contribution in [2.24, 2.45) is 5.84 Å². The summed E-state index contributed by atoms with van der Waals surface area (Å²) in [5.41, 5.74) is 2.53. The Morgan fingerprint density at radius 2 is 2.00 bits per heavy atom. The van der Waals surface area contributed by atoms with Crippen molar-refractivity contribution in [2.75, 3.05) is 0 Å². The standard InChI is InChI=1S/C6H7N3O.Ti/c7-9-6(10)5-1-3-8-4-2-5;/h1-4H,7H2,(H,9,10);. The minimum absolute atomic E-state index is 0. The second-order valence-electron chi connectivity index (χ2n) is 1.71. The van der Waals surface area contributed by atoms with E-state index in [9.17, 15) is 4.79 Å². The fourth-order valence-electron chi connectivity index (χ4n) is 0.587. The van der Waals surface area contributed by atoms with Gasteiger partial charge in [-0.1, -0.05) is 0 Å². The number of hydrogen-bond acceptors (Lipinski definition) is 3. The molecule has 0 spiro atoms. The molecule has 0 unspecified atom stereocenters. The normalized spacial score (nSPS) is 8.09. The predicted octanol–water partition coefficient (Wildman–Crippen LogP) is -0.317. The van der Waals surface area contributed by atoms with Gasteiger partial charge in [0.2, 0.25) is 0 Å². The summed E-state index contributed by atoms with van der Waals surface area (Å²) < 4.78 is 0. The van der Waals surface area contributed by atoms with Crippen molar-refractivity contribution in [3.63, 3.8) is 0 Å². The summed E-state index contributed by atoms with van der Waals surface area (Å²) in [7, 11) is 0. The van der Waals surface area contributed by atoms with Crippen molar-refractivity contribution >= 4 is 5.91 Å². The molecule has 4 nitrogen and oxygen atoms in total. The Labute approximate surface area is 79.0 Å². The van der Waals surface area contributed by atoms with E-state index in [-0.39, 0.29) is 27.6 Å². The van der Waals surface area contributed by atoms with Crippen LogP contribution in [0.15, 0.2) is 24.5 Å². The van der Waals surface area contributed by atoms with Gasteiger partial charge in [-0.3, -0.25) is 15.2 Å². The van der Waals surface area contributed by atoms with Gasteiger partial charge in [-0.15, -0.1) is 0 Å². The van der Waals surface area contributed by atoms with Gasteiger partial charge < -0.3 is 0 Å². The summed E-state index contributed by atoms with van der Waals surface area (Å²) >= 11 is 0. The van der Waals surface area contributed by atoms with Gasteiger partial charge in [-0.25, -0.2) is 5.84 Å². The molecule has 0 radical (unpaired) electrons. The van der Waals surface area contributed by atoms with Crippen molar-refractivity contribution in [2.45, 2.75) is 0 Å². The van der Waals surface area contributed by atoms with Crippen LogP contribution in [0.4, 0.5) is 0 Å². The van der Waals surface area contributed by atoms with Gasteiger partial charge in [-0.05, 0) is 12.1 Å². The number of hydrazine groups is 1. The van der Waals surface area contributed by atoms with Crippen LogP contribution in [0.1, 0.15) is 10.4 Å². The van der Waals surface area contributed by atoms with E-state index in [1.54, 1.807) is 12.1 Å². The van der Waals surface area contributed by atoms with Crippen LogP contribution in [0.25, 0.3) is 0 Å². The molecule has 11 heavy (non-hydrogen) atoms. The number of pyridine rings is 1. The van der Waals surface area contributed by atoms with E-state index in [1.807, 2.05) is 5.43 Å². The van der Waals surface area contributed by atoms with Crippen molar-refractivity contribution in [3.05, 3.63) is 30.1 Å². The summed E-state index contributed by atoms with van der Waals surface area (Å²) in [6, 6.07) is 3.17. The first-order valence-corrected chi connectivity index (χ1v) is 2.75. The first-order valence-electron chi connectivity index (χ1n) is 2.75. The van der Waals surface area contributed by atoms with Crippen molar-refractivity contribution in [1.29, 1.82) is 0 Å². The Bertz CT molecular complexity index is 227. The maximum Gasteiger partial charge on any atom is 0.265 e. The van der Waals surface area contributed by atoms with Crippen LogP contribution in [-0.4, -0.2) is 10.9 Å². The molecule has 5 heteroatoms. The first kappa shape index (κ1) is 10.3. The molecule has 0 saturated heterocycles. The van der Waals surface area contributed by atoms with E-state index in [0.717, 1.165) is 0 Å². The molecule has 1 amide bonds. The summed E-state index contributed by atoms with van der Waals surface area (Å²) in [4.78, 5) is 14.5. The minimum atomic E-state index is -0.303. The van der Waals surface area contributed by atoms with Crippen LogP contribution >= 0.6 is 0 Å². The maximum atomic E-state index is 10.7. The minimum Gasteiger partial charge on any atom is -0.290 e. The molecular formula is C6H7N3OTi. The molecule has 1 aromatic heterocycles. The van der Waals surface area contributed by atoms with E-state index in [1.165, 1.54) is 12.4 Å². The summed E-state index contributed by atoms with van der Waals surface area (Å²) in [5, 5.41) is 0.